The summed E-state index contributed by atoms with van der Waals surface area (Å²) in [5.41, 5.74) is 11.3. The minimum atomic E-state index is 0.769. The van der Waals surface area contributed by atoms with Gasteiger partial charge in [-0.2, -0.15) is 0 Å². The summed E-state index contributed by atoms with van der Waals surface area (Å²) >= 11 is 0. The fourth-order valence-electron chi connectivity index (χ4n) is 7.62. The molecule has 2 aromatic heterocycles. The lowest BCUT2D eigenvalue weighted by Crippen LogP contribution is -2.15. The number of aromatic nitrogens is 6. The second-order valence-electron chi connectivity index (χ2n) is 15.1. The molecule has 0 bridgehead atoms. The molecule has 10 heteroatoms. The first-order valence-electron chi connectivity index (χ1n) is 21.7. The van der Waals surface area contributed by atoms with Crippen molar-refractivity contribution in [3.8, 4) is 56.9 Å². The van der Waals surface area contributed by atoms with Crippen LogP contribution in [0.15, 0.2) is 245 Å². The number of nitrogens with zero attached hydrogens (tertiary/aromatic N) is 8. The van der Waals surface area contributed by atoms with E-state index in [0.29, 0.717) is 0 Å². The zero-order valence-corrected chi connectivity index (χ0v) is 36.9. The van der Waals surface area contributed by atoms with Crippen LogP contribution in [0.2, 0.25) is 0 Å². The van der Waals surface area contributed by atoms with Crippen LogP contribution in [-0.2, 0) is 0 Å². The quantitative estimate of drug-likeness (QED) is 0.133. The van der Waals surface area contributed by atoms with Gasteiger partial charge in [-0.1, -0.05) is 145 Å². The highest BCUT2D eigenvalue weighted by atomic mass is 16.5. The fourth-order valence-corrected chi connectivity index (χ4v) is 7.62. The molecule has 0 atom stereocenters. The standard InChI is InChI=1S/C46H30N8O2.C6H8.C5H8/c1-5-13-43-39(9-1)53(40-10-2-6-14-44(40)55-43)35-25-21-33(22-26-35)51-29-37(47-49-51)31-17-19-32(20-18-31)38-30-52(50-48-38)34-23-27-36(28-24-34)54-41-11-3-7-15-45(41)56-46-16-8-4-12-42(46)54;1-3-5-6-4-2;1-3-5-4-2/h1-30H;3-6H,1-2H2;3-5H,1H2,2H3/b;6-5-;5-4-. The molecule has 2 aliphatic rings. The molecule has 9 aromatic rings. The van der Waals surface area contributed by atoms with Crippen LogP contribution in [0.4, 0.5) is 34.1 Å². The topological polar surface area (TPSA) is 86.4 Å². The average Bonchev–Trinajstić information content (AvgIpc) is 4.10. The summed E-state index contributed by atoms with van der Waals surface area (Å²) in [6, 6.07) is 57.0. The molecule has 0 amide bonds. The van der Waals surface area contributed by atoms with Crippen molar-refractivity contribution in [1.29, 1.82) is 0 Å². The van der Waals surface area contributed by atoms with Gasteiger partial charge in [-0.3, -0.25) is 0 Å². The second kappa shape index (κ2) is 20.0. The van der Waals surface area contributed by atoms with E-state index >= 15 is 0 Å². The number of hydrogen-bond donors (Lipinski definition) is 0. The fraction of sp³-hybridized carbons (Fsp3) is 0.0175. The van der Waals surface area contributed by atoms with Crippen LogP contribution >= 0.6 is 0 Å². The Hall–Kier alpha value is -9.28. The highest BCUT2D eigenvalue weighted by Gasteiger charge is 2.26. The molecule has 11 rings (SSSR count). The average molecular weight is 875 g/mol. The number of allylic oxidation sites excluding steroid dienone is 7. The molecule has 7 aromatic carbocycles. The van der Waals surface area contributed by atoms with Gasteiger partial charge in [-0.25, -0.2) is 9.36 Å². The molecule has 0 fully saturated rings. The van der Waals surface area contributed by atoms with Gasteiger partial charge >= 0.3 is 0 Å². The molecule has 2 aliphatic heterocycles. The van der Waals surface area contributed by atoms with E-state index in [1.54, 1.807) is 27.6 Å². The van der Waals surface area contributed by atoms with Crippen LogP contribution < -0.4 is 19.3 Å². The maximum absolute atomic E-state index is 6.18. The molecule has 0 unspecified atom stereocenters. The van der Waals surface area contributed by atoms with Gasteiger partial charge < -0.3 is 19.3 Å². The van der Waals surface area contributed by atoms with Crippen LogP contribution in [0.5, 0.6) is 23.0 Å². The summed E-state index contributed by atoms with van der Waals surface area (Å²) in [5.74, 6) is 3.28. The predicted octanol–water partition coefficient (Wildman–Crippen LogP) is 15.0. The van der Waals surface area contributed by atoms with Crippen LogP contribution in [0.1, 0.15) is 6.92 Å². The van der Waals surface area contributed by atoms with E-state index in [9.17, 15) is 0 Å². The van der Waals surface area contributed by atoms with Gasteiger partial charge in [-0.15, -0.1) is 10.2 Å². The van der Waals surface area contributed by atoms with Gasteiger partial charge in [0.25, 0.3) is 0 Å². The van der Waals surface area contributed by atoms with Crippen molar-refractivity contribution >= 4 is 34.1 Å². The summed E-state index contributed by atoms with van der Waals surface area (Å²) in [6.45, 7) is 12.4. The van der Waals surface area contributed by atoms with Gasteiger partial charge in [0, 0.05) is 22.5 Å². The lowest BCUT2D eigenvalue weighted by atomic mass is 10.1. The Morgan fingerprint density at radius 3 is 1.00 bits per heavy atom. The Balaban J connectivity index is 0.000000461. The number of para-hydroxylation sites is 8. The zero-order valence-electron chi connectivity index (χ0n) is 36.9. The Bertz CT molecular complexity index is 2920. The summed E-state index contributed by atoms with van der Waals surface area (Å²) < 4.78 is 15.9. The largest absolute Gasteiger partial charge is 0.453 e. The smallest absolute Gasteiger partial charge is 0.151 e. The van der Waals surface area contributed by atoms with E-state index < -0.39 is 0 Å². The molecule has 0 radical (unpaired) electrons. The van der Waals surface area contributed by atoms with Crippen molar-refractivity contribution in [2.24, 2.45) is 0 Å². The molecule has 0 N–H and O–H groups in total. The number of hydrogen-bond acceptors (Lipinski definition) is 8. The van der Waals surface area contributed by atoms with Crippen LogP contribution in [-0.4, -0.2) is 30.0 Å². The molecular formula is C57H46N8O2. The van der Waals surface area contributed by atoms with Gasteiger partial charge in [0.1, 0.15) is 11.4 Å². The van der Waals surface area contributed by atoms with Crippen molar-refractivity contribution in [3.05, 3.63) is 245 Å². The third-order valence-corrected chi connectivity index (χ3v) is 10.8. The third-order valence-electron chi connectivity index (χ3n) is 10.8. The summed E-state index contributed by atoms with van der Waals surface area (Å²) in [4.78, 5) is 4.43. The molecule has 0 spiro atoms. The number of benzene rings is 7. The minimum Gasteiger partial charge on any atom is -0.453 e. The van der Waals surface area contributed by atoms with Crippen LogP contribution in [0, 0.1) is 0 Å². The molecule has 0 saturated heterocycles. The number of ether oxygens (including phenoxy) is 2. The molecular weight excluding hydrogens is 829 g/mol. The summed E-state index contributed by atoms with van der Waals surface area (Å²) in [5, 5.41) is 17.9. The highest BCUT2D eigenvalue weighted by Crippen LogP contribution is 2.51. The van der Waals surface area contributed by atoms with Crippen molar-refractivity contribution in [3.63, 3.8) is 0 Å². The molecule has 0 aliphatic carbocycles. The first-order chi connectivity index (χ1) is 33.1. The molecule has 326 valence electrons. The molecule has 67 heavy (non-hydrogen) atoms. The van der Waals surface area contributed by atoms with Crippen molar-refractivity contribution in [2.45, 2.75) is 6.92 Å². The SMILES string of the molecule is C=C/C=C\C.C=C/C=C\C=C.c1ccc2c(c1)Oc1ccccc1N2c1ccc(-n2cc(-c3ccc(-c4cn(-c5ccc(N6c7ccccc7Oc7ccccc76)cc5)nn4)cc3)nn2)cc1. The molecule has 0 saturated carbocycles. The van der Waals surface area contributed by atoms with E-state index in [1.807, 2.05) is 141 Å². The van der Waals surface area contributed by atoms with E-state index in [0.717, 1.165) is 91.0 Å². The van der Waals surface area contributed by atoms with E-state index in [-0.39, 0.29) is 0 Å². The minimum absolute atomic E-state index is 0.769. The lowest BCUT2D eigenvalue weighted by Gasteiger charge is -2.32. The maximum Gasteiger partial charge on any atom is 0.151 e. The second-order valence-corrected chi connectivity index (χ2v) is 15.1. The monoisotopic (exact) mass is 874 g/mol. The number of anilines is 6. The lowest BCUT2D eigenvalue weighted by molar-refractivity contribution is 0.477. The molecule has 4 heterocycles. The van der Waals surface area contributed by atoms with Crippen molar-refractivity contribution in [2.75, 3.05) is 9.80 Å². The van der Waals surface area contributed by atoms with Crippen molar-refractivity contribution < 1.29 is 9.47 Å². The Morgan fingerprint density at radius 1 is 0.388 bits per heavy atom. The maximum atomic E-state index is 6.18. The Morgan fingerprint density at radius 2 is 0.701 bits per heavy atom. The van der Waals surface area contributed by atoms with Gasteiger partial charge in [-0.05, 0) is 104 Å². The number of fused-ring (bicyclic) bond motifs is 4. The predicted molar refractivity (Wildman–Crippen MR) is 271 cm³/mol. The van der Waals surface area contributed by atoms with Crippen LogP contribution in [0.3, 0.4) is 0 Å². The molecule has 10 nitrogen and oxygen atoms in total. The first-order valence-corrected chi connectivity index (χ1v) is 21.7. The van der Waals surface area contributed by atoms with E-state index in [4.69, 9.17) is 9.47 Å². The van der Waals surface area contributed by atoms with Gasteiger partial charge in [0.15, 0.2) is 23.0 Å². The van der Waals surface area contributed by atoms with E-state index in [1.165, 1.54) is 0 Å². The van der Waals surface area contributed by atoms with Crippen molar-refractivity contribution in [1.82, 2.24) is 30.0 Å². The number of rotatable bonds is 9. The third kappa shape index (κ3) is 9.22. The Labute approximate surface area is 390 Å². The normalized spacial score (nSPS) is 11.9. The Kier molecular flexibility index (Phi) is 12.9. The van der Waals surface area contributed by atoms with E-state index in [2.05, 4.69) is 123 Å². The van der Waals surface area contributed by atoms with Gasteiger partial charge in [0.2, 0.25) is 0 Å². The first kappa shape index (κ1) is 43.0. The highest BCUT2D eigenvalue weighted by molar-refractivity contribution is 5.87. The van der Waals surface area contributed by atoms with Crippen LogP contribution in [0.25, 0.3) is 33.9 Å². The summed E-state index contributed by atoms with van der Waals surface area (Å²) in [7, 11) is 0. The zero-order chi connectivity index (χ0) is 46.0. The summed E-state index contributed by atoms with van der Waals surface area (Å²) in [6.07, 6.45) is 16.5. The van der Waals surface area contributed by atoms with Gasteiger partial charge in [0.05, 0.1) is 46.5 Å².